The van der Waals surface area contributed by atoms with Gasteiger partial charge < -0.3 is 5.21 Å². The van der Waals surface area contributed by atoms with Crippen LogP contribution in [0.2, 0.25) is 8.67 Å². The van der Waals surface area contributed by atoms with E-state index in [1.807, 2.05) is 6.07 Å². The normalized spacial score (nSPS) is 9.71. The van der Waals surface area contributed by atoms with Crippen molar-refractivity contribution in [1.29, 1.82) is 5.26 Å². The predicted molar refractivity (Wildman–Crippen MR) is 72.8 cm³/mol. The highest BCUT2D eigenvalue weighted by Crippen LogP contribution is 2.20. The topological polar surface area (TPSA) is 56.4 Å². The molecule has 0 spiro atoms. The van der Waals surface area contributed by atoms with Crippen LogP contribution in [0.15, 0.2) is 29.4 Å². The van der Waals surface area contributed by atoms with Crippen LogP contribution in [-0.2, 0) is 0 Å². The highest BCUT2D eigenvalue weighted by atomic mass is 35.5. The van der Waals surface area contributed by atoms with Crippen molar-refractivity contribution in [2.45, 2.75) is 0 Å². The molecule has 7 heteroatoms. The summed E-state index contributed by atoms with van der Waals surface area (Å²) in [5.41, 5.74) is 0. The Bertz CT molecular complexity index is 542. The van der Waals surface area contributed by atoms with E-state index >= 15 is 0 Å². The van der Waals surface area contributed by atoms with Crippen LogP contribution < -0.4 is 0 Å². The zero-order chi connectivity index (χ0) is 12.7. The van der Waals surface area contributed by atoms with E-state index in [0.717, 1.165) is 4.88 Å². The number of oxime groups is 1. The largest absolute Gasteiger partial charge is 0.411 e. The molecule has 0 bridgehead atoms. The van der Waals surface area contributed by atoms with Crippen LogP contribution in [0.5, 0.6) is 0 Å². The van der Waals surface area contributed by atoms with Crippen molar-refractivity contribution in [3.63, 3.8) is 0 Å². The lowest BCUT2D eigenvalue weighted by Gasteiger charge is -1.74. The van der Waals surface area contributed by atoms with E-state index in [-0.39, 0.29) is 0 Å². The summed E-state index contributed by atoms with van der Waals surface area (Å²) in [7, 11) is 0. The maximum absolute atomic E-state index is 8.25. The molecule has 2 heterocycles. The van der Waals surface area contributed by atoms with Gasteiger partial charge in [0.2, 0.25) is 0 Å². The number of rotatable bonds is 1. The van der Waals surface area contributed by atoms with E-state index in [1.165, 1.54) is 28.9 Å². The summed E-state index contributed by atoms with van der Waals surface area (Å²) in [6, 6.07) is 8.93. The third kappa shape index (κ3) is 5.20. The summed E-state index contributed by atoms with van der Waals surface area (Å²) in [5.74, 6) is 0. The monoisotopic (exact) mass is 304 g/mol. The van der Waals surface area contributed by atoms with Crippen LogP contribution in [0, 0.1) is 11.3 Å². The zero-order valence-corrected chi connectivity index (χ0v) is 11.4. The molecule has 2 aromatic heterocycles. The van der Waals surface area contributed by atoms with Gasteiger partial charge in [-0.1, -0.05) is 28.4 Å². The standard InChI is InChI=1S/C5H4ClNOS.C5H2ClNS/c6-5-2-1-4(9-5)3-7-8;6-5-2-1-4(3-7)8-5/h1-3,8H;1-2H. The maximum Gasteiger partial charge on any atom is 0.110 e. The fourth-order valence-corrected chi connectivity index (χ4v) is 2.60. The molecule has 0 amide bonds. The third-order valence-corrected chi connectivity index (χ3v) is 3.76. The average molecular weight is 305 g/mol. The molecule has 0 saturated heterocycles. The van der Waals surface area contributed by atoms with Crippen LogP contribution in [0.3, 0.4) is 0 Å². The first kappa shape index (κ1) is 14.0. The summed E-state index contributed by atoms with van der Waals surface area (Å²) >= 11 is 13.7. The second-order valence-electron chi connectivity index (χ2n) is 2.60. The summed E-state index contributed by atoms with van der Waals surface area (Å²) in [5, 5.41) is 19.2. The highest BCUT2D eigenvalue weighted by Gasteiger charge is 1.92. The minimum atomic E-state index is 0.662. The van der Waals surface area contributed by atoms with Gasteiger partial charge >= 0.3 is 0 Å². The minimum absolute atomic E-state index is 0.662. The smallest absolute Gasteiger partial charge is 0.110 e. The molecule has 0 aromatic carbocycles. The fourth-order valence-electron chi connectivity index (χ4n) is 0.829. The maximum atomic E-state index is 8.25. The molecule has 0 atom stereocenters. The lowest BCUT2D eigenvalue weighted by molar-refractivity contribution is 0.322. The average Bonchev–Trinajstić information content (AvgIpc) is 2.89. The Morgan fingerprint density at radius 2 is 1.82 bits per heavy atom. The number of nitriles is 1. The van der Waals surface area contributed by atoms with Gasteiger partial charge in [-0.25, -0.2) is 0 Å². The third-order valence-electron chi connectivity index (χ3n) is 1.46. The predicted octanol–water partition coefficient (Wildman–Crippen LogP) is 4.48. The Labute approximate surface area is 116 Å². The molecule has 2 aromatic rings. The number of hydrogen-bond acceptors (Lipinski definition) is 5. The van der Waals surface area contributed by atoms with E-state index in [9.17, 15) is 0 Å². The molecule has 0 aliphatic heterocycles. The summed E-state index contributed by atoms with van der Waals surface area (Å²) in [6.45, 7) is 0. The Morgan fingerprint density at radius 1 is 1.18 bits per heavy atom. The van der Waals surface area contributed by atoms with Crippen molar-refractivity contribution >= 4 is 52.1 Å². The van der Waals surface area contributed by atoms with E-state index < -0.39 is 0 Å². The SMILES string of the molecule is N#Cc1ccc(Cl)s1.ON=Cc1ccc(Cl)s1. The van der Waals surface area contributed by atoms with Crippen molar-refractivity contribution in [3.05, 3.63) is 42.7 Å². The Balaban J connectivity index is 0.000000171. The molecule has 0 aliphatic carbocycles. The molecule has 2 rings (SSSR count). The van der Waals surface area contributed by atoms with Gasteiger partial charge in [-0.05, 0) is 24.3 Å². The second-order valence-corrected chi connectivity index (χ2v) is 6.06. The zero-order valence-electron chi connectivity index (χ0n) is 8.30. The van der Waals surface area contributed by atoms with Gasteiger partial charge in [0.1, 0.15) is 10.9 Å². The molecule has 17 heavy (non-hydrogen) atoms. The van der Waals surface area contributed by atoms with Crippen LogP contribution in [0.4, 0.5) is 0 Å². The lowest BCUT2D eigenvalue weighted by Crippen LogP contribution is -1.67. The summed E-state index contributed by atoms with van der Waals surface area (Å²) in [6.07, 6.45) is 1.34. The van der Waals surface area contributed by atoms with Crippen LogP contribution in [0.25, 0.3) is 0 Å². The van der Waals surface area contributed by atoms with Gasteiger partial charge in [0.15, 0.2) is 0 Å². The molecule has 1 N–H and O–H groups in total. The van der Waals surface area contributed by atoms with E-state index in [0.29, 0.717) is 13.5 Å². The molecular weight excluding hydrogens is 299 g/mol. The molecule has 0 radical (unpaired) electrons. The van der Waals surface area contributed by atoms with Gasteiger partial charge in [0.05, 0.1) is 19.8 Å². The lowest BCUT2D eigenvalue weighted by atomic mass is 10.5. The van der Waals surface area contributed by atoms with Gasteiger partial charge in [0.25, 0.3) is 0 Å². The van der Waals surface area contributed by atoms with Crippen LogP contribution in [-0.4, -0.2) is 11.4 Å². The van der Waals surface area contributed by atoms with Crippen molar-refractivity contribution in [2.24, 2.45) is 5.16 Å². The van der Waals surface area contributed by atoms with Crippen LogP contribution in [0.1, 0.15) is 9.75 Å². The number of nitrogens with zero attached hydrogens (tertiary/aromatic N) is 2. The Kier molecular flexibility index (Phi) is 6.01. The molecular formula is C10H6Cl2N2OS2. The van der Waals surface area contributed by atoms with E-state index in [1.54, 1.807) is 24.3 Å². The van der Waals surface area contributed by atoms with Gasteiger partial charge in [-0.3, -0.25) is 0 Å². The van der Waals surface area contributed by atoms with Crippen molar-refractivity contribution in [1.82, 2.24) is 0 Å². The minimum Gasteiger partial charge on any atom is -0.411 e. The van der Waals surface area contributed by atoms with Crippen LogP contribution >= 0.6 is 45.9 Å². The summed E-state index contributed by atoms with van der Waals surface area (Å²) in [4.78, 5) is 1.51. The number of thiophene rings is 2. The molecule has 88 valence electrons. The second kappa shape index (κ2) is 7.30. The van der Waals surface area contributed by atoms with Gasteiger partial charge in [-0.15, -0.1) is 22.7 Å². The van der Waals surface area contributed by atoms with Gasteiger partial charge in [0, 0.05) is 0 Å². The quantitative estimate of drug-likeness (QED) is 0.479. The van der Waals surface area contributed by atoms with Crippen molar-refractivity contribution in [3.8, 4) is 6.07 Å². The fraction of sp³-hybridized carbons (Fsp3) is 0. The number of hydrogen-bond donors (Lipinski definition) is 1. The van der Waals surface area contributed by atoms with Crippen molar-refractivity contribution < 1.29 is 5.21 Å². The molecule has 3 nitrogen and oxygen atoms in total. The first-order valence-electron chi connectivity index (χ1n) is 4.24. The Hall–Kier alpha value is -1.06. The van der Waals surface area contributed by atoms with E-state index in [4.69, 9.17) is 33.7 Å². The summed E-state index contributed by atoms with van der Waals surface area (Å²) < 4.78 is 1.37. The Morgan fingerprint density at radius 3 is 2.18 bits per heavy atom. The van der Waals surface area contributed by atoms with Crippen molar-refractivity contribution in [2.75, 3.05) is 0 Å². The highest BCUT2D eigenvalue weighted by molar-refractivity contribution is 7.17. The first-order chi connectivity index (χ1) is 8.15. The molecule has 0 aliphatic rings. The van der Waals surface area contributed by atoms with E-state index in [2.05, 4.69) is 5.16 Å². The number of halogens is 2. The first-order valence-corrected chi connectivity index (χ1v) is 6.63. The molecule has 0 saturated carbocycles. The molecule has 0 fully saturated rings. The molecule has 0 unspecified atom stereocenters. The van der Waals surface area contributed by atoms with Gasteiger partial charge in [-0.2, -0.15) is 5.26 Å².